The lowest BCUT2D eigenvalue weighted by Crippen LogP contribution is -2.42. The van der Waals surface area contributed by atoms with Crippen LogP contribution in [0.25, 0.3) is 5.76 Å². The molecule has 9 nitrogen and oxygen atoms in total. The maximum Gasteiger partial charge on any atom is 0.295 e. The average Bonchev–Trinajstić information content (AvgIpc) is 3.13. The minimum absolute atomic E-state index is 0.00936. The molecule has 0 aliphatic carbocycles. The first-order chi connectivity index (χ1) is 16.4. The van der Waals surface area contributed by atoms with Crippen LogP contribution in [0.15, 0.2) is 48.0 Å². The van der Waals surface area contributed by atoms with Crippen LogP contribution < -0.4 is 9.47 Å². The van der Waals surface area contributed by atoms with E-state index in [0.717, 1.165) is 13.1 Å². The largest absolute Gasteiger partial charge is 0.507 e. The summed E-state index contributed by atoms with van der Waals surface area (Å²) in [7, 11) is 2.96. The molecule has 0 aromatic heterocycles. The Morgan fingerprint density at radius 1 is 1.03 bits per heavy atom. The van der Waals surface area contributed by atoms with E-state index in [1.165, 1.54) is 25.2 Å². The molecule has 2 aliphatic heterocycles. The summed E-state index contributed by atoms with van der Waals surface area (Å²) in [5.74, 6) is -0.964. The van der Waals surface area contributed by atoms with Gasteiger partial charge in [-0.15, -0.1) is 0 Å². The molecule has 0 radical (unpaired) electrons. The van der Waals surface area contributed by atoms with Crippen LogP contribution in [0.1, 0.15) is 17.2 Å². The normalized spacial score (nSPS) is 20.5. The SMILES string of the molecule is COc1ccc(C(O)=C2C(=O)C(=O)N(CCN3CCOCC3)[C@@H]2c2ccc(O)c(OC)c2)cc1. The second kappa shape index (κ2) is 10.1. The fraction of sp³-hybridized carbons (Fsp3) is 0.360. The lowest BCUT2D eigenvalue weighted by molar-refractivity contribution is -0.140. The number of methoxy groups -OCH3 is 2. The van der Waals surface area contributed by atoms with Crippen LogP contribution in [0.5, 0.6) is 17.2 Å². The van der Waals surface area contributed by atoms with Crippen LogP contribution in [0.2, 0.25) is 0 Å². The number of aromatic hydroxyl groups is 1. The highest BCUT2D eigenvalue weighted by molar-refractivity contribution is 6.46. The zero-order valence-electron chi connectivity index (χ0n) is 19.2. The van der Waals surface area contributed by atoms with Gasteiger partial charge >= 0.3 is 0 Å². The molecular weight excluding hydrogens is 440 g/mol. The summed E-state index contributed by atoms with van der Waals surface area (Å²) < 4.78 is 15.8. The molecule has 2 aliphatic rings. The number of ketones is 1. The van der Waals surface area contributed by atoms with Gasteiger partial charge in [-0.2, -0.15) is 0 Å². The number of ether oxygens (including phenoxy) is 3. The molecule has 1 atom stereocenters. The number of aliphatic hydroxyl groups is 1. The average molecular weight is 469 g/mol. The highest BCUT2D eigenvalue weighted by Gasteiger charge is 2.46. The summed E-state index contributed by atoms with van der Waals surface area (Å²) in [6.07, 6.45) is 0. The molecule has 0 unspecified atom stereocenters. The highest BCUT2D eigenvalue weighted by Crippen LogP contribution is 2.41. The molecule has 2 aromatic carbocycles. The van der Waals surface area contributed by atoms with Gasteiger partial charge in [-0.05, 0) is 42.0 Å². The van der Waals surface area contributed by atoms with Gasteiger partial charge in [0.05, 0.1) is 39.0 Å². The summed E-state index contributed by atoms with van der Waals surface area (Å²) in [6, 6.07) is 10.4. The third kappa shape index (κ3) is 4.57. The van der Waals surface area contributed by atoms with Gasteiger partial charge in [0.2, 0.25) is 0 Å². The molecule has 2 heterocycles. The van der Waals surface area contributed by atoms with Crippen molar-refractivity contribution in [1.82, 2.24) is 9.80 Å². The van der Waals surface area contributed by atoms with E-state index in [9.17, 15) is 19.8 Å². The van der Waals surface area contributed by atoms with Crippen LogP contribution in [0.3, 0.4) is 0 Å². The van der Waals surface area contributed by atoms with E-state index < -0.39 is 17.7 Å². The standard InChI is InChI=1S/C25H28N2O7/c1-32-18-6-3-16(4-7-18)23(29)21-22(17-5-8-19(28)20(15-17)33-2)27(25(31)24(21)30)10-9-26-11-13-34-14-12-26/h3-8,15,22,28-29H,9-14H2,1-2H3/t22-/m1/s1. The molecule has 4 rings (SSSR count). The van der Waals surface area contributed by atoms with Crippen molar-refractivity contribution in [3.8, 4) is 17.2 Å². The molecule has 1 amide bonds. The Bertz CT molecular complexity index is 1090. The van der Waals surface area contributed by atoms with Crippen molar-refractivity contribution in [2.75, 3.05) is 53.6 Å². The summed E-state index contributed by atoms with van der Waals surface area (Å²) >= 11 is 0. The topological polar surface area (TPSA) is 109 Å². The number of amides is 1. The number of carbonyl (C=O) groups excluding carboxylic acids is 2. The maximum absolute atomic E-state index is 13.2. The van der Waals surface area contributed by atoms with Crippen LogP contribution >= 0.6 is 0 Å². The van der Waals surface area contributed by atoms with Gasteiger partial charge in [0, 0.05) is 31.7 Å². The second-order valence-electron chi connectivity index (χ2n) is 8.11. The Labute approximate surface area is 197 Å². The number of nitrogens with zero attached hydrogens (tertiary/aromatic N) is 2. The zero-order chi connectivity index (χ0) is 24.2. The molecule has 180 valence electrons. The third-order valence-electron chi connectivity index (χ3n) is 6.18. The predicted molar refractivity (Wildman–Crippen MR) is 124 cm³/mol. The van der Waals surface area contributed by atoms with Crippen LogP contribution in [0.4, 0.5) is 0 Å². The Morgan fingerprint density at radius 2 is 1.74 bits per heavy atom. The first kappa shape index (κ1) is 23.6. The summed E-state index contributed by atoms with van der Waals surface area (Å²) in [5, 5.41) is 21.2. The first-order valence-electron chi connectivity index (χ1n) is 11.0. The first-order valence-corrected chi connectivity index (χ1v) is 11.0. The Balaban J connectivity index is 1.76. The van der Waals surface area contributed by atoms with E-state index in [-0.39, 0.29) is 29.4 Å². The number of benzene rings is 2. The summed E-state index contributed by atoms with van der Waals surface area (Å²) in [4.78, 5) is 29.9. The number of hydrogen-bond acceptors (Lipinski definition) is 8. The summed E-state index contributed by atoms with van der Waals surface area (Å²) in [5.41, 5.74) is 0.929. The molecule has 0 saturated carbocycles. The zero-order valence-corrected chi connectivity index (χ0v) is 19.2. The minimum Gasteiger partial charge on any atom is -0.507 e. The Hall–Kier alpha value is -3.56. The van der Waals surface area contributed by atoms with Gasteiger partial charge in [-0.1, -0.05) is 6.07 Å². The molecule has 0 spiro atoms. The number of Topliss-reactive ketones (excluding diaryl/α,β-unsaturated/α-hetero) is 1. The second-order valence-corrected chi connectivity index (χ2v) is 8.11. The molecule has 2 saturated heterocycles. The smallest absolute Gasteiger partial charge is 0.295 e. The molecular formula is C25H28N2O7. The number of hydrogen-bond donors (Lipinski definition) is 2. The van der Waals surface area contributed by atoms with E-state index in [0.29, 0.717) is 36.6 Å². The van der Waals surface area contributed by atoms with Crippen molar-refractivity contribution >= 4 is 17.4 Å². The maximum atomic E-state index is 13.2. The lowest BCUT2D eigenvalue weighted by Gasteiger charge is -2.31. The van der Waals surface area contributed by atoms with E-state index >= 15 is 0 Å². The van der Waals surface area contributed by atoms with Crippen molar-refractivity contribution in [2.45, 2.75) is 6.04 Å². The van der Waals surface area contributed by atoms with Crippen LogP contribution in [-0.2, 0) is 14.3 Å². The van der Waals surface area contributed by atoms with E-state index in [4.69, 9.17) is 14.2 Å². The van der Waals surface area contributed by atoms with Crippen molar-refractivity contribution in [3.05, 3.63) is 59.2 Å². The van der Waals surface area contributed by atoms with Gasteiger partial charge in [0.25, 0.3) is 11.7 Å². The highest BCUT2D eigenvalue weighted by atomic mass is 16.5. The number of rotatable bonds is 7. The van der Waals surface area contributed by atoms with Gasteiger partial charge in [0.1, 0.15) is 11.5 Å². The van der Waals surface area contributed by atoms with Crippen molar-refractivity contribution in [3.63, 3.8) is 0 Å². The van der Waals surface area contributed by atoms with Crippen molar-refractivity contribution in [1.29, 1.82) is 0 Å². The number of phenolic OH excluding ortho intramolecular Hbond substituents is 1. The monoisotopic (exact) mass is 468 g/mol. The van der Waals surface area contributed by atoms with Gasteiger partial charge in [0.15, 0.2) is 11.5 Å². The fourth-order valence-electron chi connectivity index (χ4n) is 4.30. The third-order valence-corrected chi connectivity index (χ3v) is 6.18. The van der Waals surface area contributed by atoms with E-state index in [1.807, 2.05) is 0 Å². The number of aliphatic hydroxyl groups excluding tert-OH is 1. The molecule has 2 fully saturated rings. The van der Waals surface area contributed by atoms with Crippen molar-refractivity contribution in [2.24, 2.45) is 0 Å². The number of likely N-dealkylation sites (tertiary alicyclic amines) is 1. The van der Waals surface area contributed by atoms with Crippen LogP contribution in [-0.4, -0.2) is 85.3 Å². The number of carbonyl (C=O) groups is 2. The minimum atomic E-state index is -0.836. The fourth-order valence-corrected chi connectivity index (χ4v) is 4.30. The van der Waals surface area contributed by atoms with E-state index in [2.05, 4.69) is 4.90 Å². The molecule has 34 heavy (non-hydrogen) atoms. The van der Waals surface area contributed by atoms with Gasteiger partial charge in [-0.25, -0.2) is 0 Å². The lowest BCUT2D eigenvalue weighted by atomic mass is 9.95. The van der Waals surface area contributed by atoms with Crippen molar-refractivity contribution < 1.29 is 34.0 Å². The quantitative estimate of drug-likeness (QED) is 0.362. The predicted octanol–water partition coefficient (Wildman–Crippen LogP) is 2.16. The van der Waals surface area contributed by atoms with Gasteiger partial charge < -0.3 is 29.3 Å². The number of phenols is 1. The number of morpholine rings is 1. The molecule has 9 heteroatoms. The molecule has 2 N–H and O–H groups in total. The summed E-state index contributed by atoms with van der Waals surface area (Å²) in [6.45, 7) is 3.58. The molecule has 2 aromatic rings. The Kier molecular flexibility index (Phi) is 7.04. The van der Waals surface area contributed by atoms with Gasteiger partial charge in [-0.3, -0.25) is 14.5 Å². The Morgan fingerprint density at radius 3 is 2.38 bits per heavy atom. The molecule has 0 bridgehead atoms. The van der Waals surface area contributed by atoms with Crippen LogP contribution in [0, 0.1) is 0 Å². The van der Waals surface area contributed by atoms with E-state index in [1.54, 1.807) is 36.4 Å².